The zero-order valence-corrected chi connectivity index (χ0v) is 10.00. The van der Waals surface area contributed by atoms with Crippen LogP contribution in [0.25, 0.3) is 0 Å². The van der Waals surface area contributed by atoms with Crippen molar-refractivity contribution < 1.29 is 14.3 Å². The van der Waals surface area contributed by atoms with E-state index in [2.05, 4.69) is 9.72 Å². The predicted molar refractivity (Wildman–Crippen MR) is 66.4 cm³/mol. The summed E-state index contributed by atoms with van der Waals surface area (Å²) in [4.78, 5) is 15.2. The van der Waals surface area contributed by atoms with Crippen LogP contribution in [0.15, 0.2) is 48.7 Å². The van der Waals surface area contributed by atoms with E-state index in [4.69, 9.17) is 4.74 Å². The minimum atomic E-state index is -0.472. The third kappa shape index (κ3) is 3.07. The van der Waals surface area contributed by atoms with Crippen LogP contribution in [0.3, 0.4) is 0 Å². The monoisotopic (exact) mass is 243 g/mol. The number of methoxy groups -OCH3 is 1. The van der Waals surface area contributed by atoms with Gasteiger partial charge in [-0.15, -0.1) is 0 Å². The summed E-state index contributed by atoms with van der Waals surface area (Å²) in [6.07, 6.45) is 1.52. The number of ether oxygens (including phenoxy) is 2. The molecule has 0 N–H and O–H groups in total. The Balaban J connectivity index is 2.04. The average molecular weight is 243 g/mol. The molecule has 0 fully saturated rings. The summed E-state index contributed by atoms with van der Waals surface area (Å²) in [5.41, 5.74) is 1.30. The second kappa shape index (κ2) is 5.82. The normalized spacial score (nSPS) is 9.83. The highest BCUT2D eigenvalue weighted by molar-refractivity contribution is 5.87. The highest BCUT2D eigenvalue weighted by Crippen LogP contribution is 2.13. The minimum absolute atomic E-state index is 0.239. The van der Waals surface area contributed by atoms with Crippen LogP contribution in [0.5, 0.6) is 5.75 Å². The molecule has 2 aromatic rings. The molecule has 0 aliphatic heterocycles. The number of hydrogen-bond acceptors (Lipinski definition) is 4. The standard InChI is InChI=1S/C14H13NO3/c1-17-14(16)13-9-12(7-8-15-13)18-10-11-5-3-2-4-6-11/h2-9H,10H2,1H3. The molecule has 0 aliphatic carbocycles. The summed E-state index contributed by atoms with van der Waals surface area (Å²) >= 11 is 0. The fourth-order valence-corrected chi connectivity index (χ4v) is 1.46. The first-order valence-electron chi connectivity index (χ1n) is 5.50. The van der Waals surface area contributed by atoms with Gasteiger partial charge in [0, 0.05) is 12.3 Å². The Morgan fingerprint density at radius 3 is 2.72 bits per heavy atom. The predicted octanol–water partition coefficient (Wildman–Crippen LogP) is 2.45. The molecule has 0 atom stereocenters. The van der Waals surface area contributed by atoms with Crippen molar-refractivity contribution in [3.8, 4) is 5.75 Å². The molecule has 4 nitrogen and oxygen atoms in total. The van der Waals surface area contributed by atoms with E-state index in [1.165, 1.54) is 13.3 Å². The van der Waals surface area contributed by atoms with Crippen molar-refractivity contribution in [3.05, 3.63) is 59.9 Å². The van der Waals surface area contributed by atoms with Crippen molar-refractivity contribution in [3.63, 3.8) is 0 Å². The molecule has 1 aromatic carbocycles. The zero-order chi connectivity index (χ0) is 12.8. The number of pyridine rings is 1. The molecule has 0 saturated heterocycles. The first-order valence-corrected chi connectivity index (χ1v) is 5.50. The van der Waals surface area contributed by atoms with Gasteiger partial charge in [-0.25, -0.2) is 9.78 Å². The molecular formula is C14H13NO3. The number of carbonyl (C=O) groups excluding carboxylic acids is 1. The molecule has 0 aliphatic rings. The van der Waals surface area contributed by atoms with E-state index in [0.717, 1.165) is 5.56 Å². The fraction of sp³-hybridized carbons (Fsp3) is 0.143. The molecule has 0 radical (unpaired) electrons. The van der Waals surface area contributed by atoms with Gasteiger partial charge in [-0.1, -0.05) is 30.3 Å². The Morgan fingerprint density at radius 2 is 2.00 bits per heavy atom. The minimum Gasteiger partial charge on any atom is -0.489 e. The van der Waals surface area contributed by atoms with Crippen LogP contribution >= 0.6 is 0 Å². The van der Waals surface area contributed by atoms with Crippen molar-refractivity contribution in [1.29, 1.82) is 0 Å². The average Bonchev–Trinajstić information content (AvgIpc) is 2.45. The number of rotatable bonds is 4. The maximum Gasteiger partial charge on any atom is 0.356 e. The van der Waals surface area contributed by atoms with Crippen molar-refractivity contribution in [2.75, 3.05) is 7.11 Å². The van der Waals surface area contributed by atoms with Crippen LogP contribution in [0.1, 0.15) is 16.1 Å². The van der Waals surface area contributed by atoms with Gasteiger partial charge in [0.15, 0.2) is 5.69 Å². The number of aromatic nitrogens is 1. The topological polar surface area (TPSA) is 48.4 Å². The van der Waals surface area contributed by atoms with Gasteiger partial charge in [-0.05, 0) is 11.6 Å². The molecule has 4 heteroatoms. The Labute approximate surface area is 105 Å². The lowest BCUT2D eigenvalue weighted by Crippen LogP contribution is -2.04. The van der Waals surface area contributed by atoms with E-state index < -0.39 is 5.97 Å². The van der Waals surface area contributed by atoms with Crippen molar-refractivity contribution in [2.24, 2.45) is 0 Å². The summed E-state index contributed by atoms with van der Waals surface area (Å²) in [6, 6.07) is 13.1. The van der Waals surface area contributed by atoms with Crippen molar-refractivity contribution >= 4 is 5.97 Å². The number of nitrogens with zero attached hydrogens (tertiary/aromatic N) is 1. The lowest BCUT2D eigenvalue weighted by molar-refractivity contribution is 0.0593. The maximum absolute atomic E-state index is 11.3. The largest absolute Gasteiger partial charge is 0.489 e. The second-order valence-corrected chi connectivity index (χ2v) is 3.64. The van der Waals surface area contributed by atoms with E-state index in [9.17, 15) is 4.79 Å². The molecule has 2 rings (SSSR count). The highest BCUT2D eigenvalue weighted by Gasteiger charge is 2.07. The van der Waals surface area contributed by atoms with E-state index in [-0.39, 0.29) is 5.69 Å². The Bertz CT molecular complexity index is 526. The first kappa shape index (κ1) is 12.1. The third-order valence-electron chi connectivity index (χ3n) is 2.37. The summed E-state index contributed by atoms with van der Waals surface area (Å²) < 4.78 is 10.2. The van der Waals surface area contributed by atoms with Crippen LogP contribution in [-0.2, 0) is 11.3 Å². The van der Waals surface area contributed by atoms with Crippen molar-refractivity contribution in [2.45, 2.75) is 6.61 Å². The number of benzene rings is 1. The van der Waals surface area contributed by atoms with Gasteiger partial charge in [0.05, 0.1) is 7.11 Å². The molecule has 1 aromatic heterocycles. The third-order valence-corrected chi connectivity index (χ3v) is 2.37. The summed E-state index contributed by atoms with van der Waals surface area (Å²) in [7, 11) is 1.32. The van der Waals surface area contributed by atoms with Crippen LogP contribution in [-0.4, -0.2) is 18.1 Å². The Morgan fingerprint density at radius 1 is 1.22 bits per heavy atom. The maximum atomic E-state index is 11.3. The highest BCUT2D eigenvalue weighted by atomic mass is 16.5. The second-order valence-electron chi connectivity index (χ2n) is 3.64. The van der Waals surface area contributed by atoms with Crippen LogP contribution < -0.4 is 4.74 Å². The number of carbonyl (C=O) groups is 1. The molecular weight excluding hydrogens is 230 g/mol. The lowest BCUT2D eigenvalue weighted by Gasteiger charge is -2.06. The van der Waals surface area contributed by atoms with E-state index in [0.29, 0.717) is 12.4 Å². The SMILES string of the molecule is COC(=O)c1cc(OCc2ccccc2)ccn1. The van der Waals surface area contributed by atoms with Gasteiger partial charge in [-0.2, -0.15) is 0 Å². The van der Waals surface area contributed by atoms with Gasteiger partial charge in [0.25, 0.3) is 0 Å². The van der Waals surface area contributed by atoms with E-state index in [1.807, 2.05) is 30.3 Å². The molecule has 0 saturated carbocycles. The summed E-state index contributed by atoms with van der Waals surface area (Å²) in [5.74, 6) is 0.120. The fourth-order valence-electron chi connectivity index (χ4n) is 1.46. The van der Waals surface area contributed by atoms with E-state index >= 15 is 0 Å². The van der Waals surface area contributed by atoms with Crippen molar-refractivity contribution in [1.82, 2.24) is 4.98 Å². The van der Waals surface area contributed by atoms with Gasteiger partial charge >= 0.3 is 5.97 Å². The van der Waals surface area contributed by atoms with E-state index in [1.54, 1.807) is 12.1 Å². The number of hydrogen-bond donors (Lipinski definition) is 0. The lowest BCUT2D eigenvalue weighted by atomic mass is 10.2. The van der Waals surface area contributed by atoms with Crippen LogP contribution in [0, 0.1) is 0 Å². The van der Waals surface area contributed by atoms with Gasteiger partial charge in [-0.3, -0.25) is 0 Å². The zero-order valence-electron chi connectivity index (χ0n) is 10.00. The van der Waals surface area contributed by atoms with Gasteiger partial charge < -0.3 is 9.47 Å². The van der Waals surface area contributed by atoms with Gasteiger partial charge in [0.1, 0.15) is 12.4 Å². The van der Waals surface area contributed by atoms with Crippen LogP contribution in [0.4, 0.5) is 0 Å². The molecule has 0 unspecified atom stereocenters. The molecule has 0 amide bonds. The quantitative estimate of drug-likeness (QED) is 0.774. The molecule has 0 spiro atoms. The smallest absolute Gasteiger partial charge is 0.356 e. The Kier molecular flexibility index (Phi) is 3.91. The van der Waals surface area contributed by atoms with Gasteiger partial charge in [0.2, 0.25) is 0 Å². The summed E-state index contributed by atoms with van der Waals surface area (Å²) in [5, 5.41) is 0. The molecule has 1 heterocycles. The molecule has 18 heavy (non-hydrogen) atoms. The first-order chi connectivity index (χ1) is 8.79. The molecule has 0 bridgehead atoms. The van der Waals surface area contributed by atoms with Crippen LogP contribution in [0.2, 0.25) is 0 Å². The Hall–Kier alpha value is -2.36. The summed E-state index contributed by atoms with van der Waals surface area (Å²) in [6.45, 7) is 0.450. The number of esters is 1. The molecule has 92 valence electrons.